The number of sulfonamides is 1. The number of amides is 1. The van der Waals surface area contributed by atoms with Crippen LogP contribution in [0.15, 0.2) is 54.6 Å². The number of aromatic nitrogens is 1. The molecule has 0 bridgehead atoms. The first-order valence-corrected chi connectivity index (χ1v) is 12.4. The number of rotatable bonds is 8. The standard InChI is InChI=1S/C25H18F5N3O4S/c1-3-16-12-15(13-20(27)23(16)33-38(2,35)36)14-31-22(34)11-5-17-4-10-21(25(28,29)30)32-24(17)37-19-8-6-18(26)7-9-19/h1,4-13,33H,14H2,2H3,(H,31,34). The first kappa shape index (κ1) is 28.1. The fourth-order valence-corrected chi connectivity index (χ4v) is 3.59. The van der Waals surface area contributed by atoms with Crippen LogP contribution in [-0.4, -0.2) is 25.6 Å². The number of halogens is 5. The maximum Gasteiger partial charge on any atom is 0.433 e. The Morgan fingerprint density at radius 3 is 2.42 bits per heavy atom. The lowest BCUT2D eigenvalue weighted by Crippen LogP contribution is -2.20. The van der Waals surface area contributed by atoms with Gasteiger partial charge in [0, 0.05) is 18.2 Å². The average molecular weight is 551 g/mol. The summed E-state index contributed by atoms with van der Waals surface area (Å²) in [7, 11) is -3.80. The van der Waals surface area contributed by atoms with E-state index in [0.29, 0.717) is 6.07 Å². The lowest BCUT2D eigenvalue weighted by atomic mass is 10.1. The summed E-state index contributed by atoms with van der Waals surface area (Å²) in [4.78, 5) is 15.8. The number of pyridine rings is 1. The molecule has 198 valence electrons. The molecule has 38 heavy (non-hydrogen) atoms. The van der Waals surface area contributed by atoms with Crippen LogP contribution in [0.3, 0.4) is 0 Å². The topological polar surface area (TPSA) is 97.4 Å². The first-order chi connectivity index (χ1) is 17.7. The Kier molecular flexibility index (Phi) is 8.37. The van der Waals surface area contributed by atoms with Crippen molar-refractivity contribution in [2.24, 2.45) is 0 Å². The maximum absolute atomic E-state index is 14.4. The van der Waals surface area contributed by atoms with Crippen LogP contribution in [0.4, 0.5) is 27.6 Å². The minimum absolute atomic E-state index is 0.00865. The second-order valence-electron chi connectivity index (χ2n) is 7.71. The molecule has 0 fully saturated rings. The lowest BCUT2D eigenvalue weighted by Gasteiger charge is -2.12. The molecule has 3 aromatic rings. The Hall–Kier alpha value is -4.44. The summed E-state index contributed by atoms with van der Waals surface area (Å²) in [5, 5.41) is 2.44. The van der Waals surface area contributed by atoms with Crippen molar-refractivity contribution in [1.29, 1.82) is 0 Å². The second kappa shape index (κ2) is 11.3. The van der Waals surface area contributed by atoms with Crippen LogP contribution in [0, 0.1) is 24.0 Å². The number of hydrogen-bond acceptors (Lipinski definition) is 5. The predicted octanol–water partition coefficient (Wildman–Crippen LogP) is 4.85. The van der Waals surface area contributed by atoms with E-state index in [4.69, 9.17) is 11.2 Å². The number of benzene rings is 2. The third kappa shape index (κ3) is 7.78. The van der Waals surface area contributed by atoms with E-state index in [1.54, 1.807) is 0 Å². The van der Waals surface area contributed by atoms with Gasteiger partial charge < -0.3 is 10.1 Å². The number of nitrogens with zero attached hydrogens (tertiary/aromatic N) is 1. The Morgan fingerprint density at radius 2 is 1.82 bits per heavy atom. The van der Waals surface area contributed by atoms with Crippen LogP contribution < -0.4 is 14.8 Å². The highest BCUT2D eigenvalue weighted by molar-refractivity contribution is 7.92. The van der Waals surface area contributed by atoms with Gasteiger partial charge in [-0.15, -0.1) is 6.42 Å². The number of anilines is 1. The first-order valence-electron chi connectivity index (χ1n) is 10.5. The molecule has 7 nitrogen and oxygen atoms in total. The average Bonchev–Trinajstić information content (AvgIpc) is 2.83. The third-order valence-electron chi connectivity index (χ3n) is 4.68. The van der Waals surface area contributed by atoms with Crippen molar-refractivity contribution in [3.8, 4) is 24.0 Å². The Balaban J connectivity index is 1.78. The van der Waals surface area contributed by atoms with Gasteiger partial charge >= 0.3 is 6.18 Å². The number of terminal acetylenes is 1. The van der Waals surface area contributed by atoms with Gasteiger partial charge in [-0.2, -0.15) is 13.2 Å². The van der Waals surface area contributed by atoms with Gasteiger partial charge in [-0.3, -0.25) is 9.52 Å². The molecule has 0 spiro atoms. The van der Waals surface area contributed by atoms with Crippen molar-refractivity contribution in [2.75, 3.05) is 11.0 Å². The van der Waals surface area contributed by atoms with Crippen LogP contribution in [0.25, 0.3) is 6.08 Å². The molecule has 0 saturated heterocycles. The molecule has 0 atom stereocenters. The number of hydrogen-bond donors (Lipinski definition) is 2. The van der Waals surface area contributed by atoms with Crippen molar-refractivity contribution in [3.63, 3.8) is 0 Å². The van der Waals surface area contributed by atoms with Crippen molar-refractivity contribution < 1.29 is 39.9 Å². The molecule has 1 aromatic heterocycles. The van der Waals surface area contributed by atoms with E-state index in [1.807, 2.05) is 4.72 Å². The summed E-state index contributed by atoms with van der Waals surface area (Å²) in [6.45, 7) is -0.210. The van der Waals surface area contributed by atoms with E-state index < -0.39 is 51.0 Å². The molecule has 0 aliphatic rings. The Labute approximate surface area is 214 Å². The van der Waals surface area contributed by atoms with Gasteiger partial charge in [0.1, 0.15) is 23.1 Å². The zero-order valence-corrected chi connectivity index (χ0v) is 20.3. The van der Waals surface area contributed by atoms with E-state index >= 15 is 0 Å². The van der Waals surface area contributed by atoms with E-state index in [0.717, 1.165) is 42.7 Å². The molecule has 1 heterocycles. The quantitative estimate of drug-likeness (QED) is 0.237. The largest absolute Gasteiger partial charge is 0.438 e. The zero-order chi connectivity index (χ0) is 28.1. The molecule has 0 saturated carbocycles. The monoisotopic (exact) mass is 551 g/mol. The zero-order valence-electron chi connectivity index (χ0n) is 19.4. The molecular weight excluding hydrogens is 533 g/mol. The summed E-state index contributed by atoms with van der Waals surface area (Å²) in [6, 6.07) is 8.50. The number of carbonyl (C=O) groups is 1. The lowest BCUT2D eigenvalue weighted by molar-refractivity contribution is -0.141. The number of carbonyl (C=O) groups excluding carboxylic acids is 1. The van der Waals surface area contributed by atoms with Gasteiger partial charge in [0.25, 0.3) is 0 Å². The fourth-order valence-electron chi connectivity index (χ4n) is 3.01. The third-order valence-corrected chi connectivity index (χ3v) is 5.26. The number of nitrogens with one attached hydrogen (secondary N) is 2. The smallest absolute Gasteiger partial charge is 0.433 e. The molecule has 1 amide bonds. The maximum atomic E-state index is 14.4. The summed E-state index contributed by atoms with van der Waals surface area (Å²) < 4.78 is 97.2. The minimum Gasteiger partial charge on any atom is -0.438 e. The molecule has 0 unspecified atom stereocenters. The molecule has 3 rings (SSSR count). The van der Waals surface area contributed by atoms with Gasteiger partial charge in [-0.05, 0) is 60.2 Å². The number of alkyl halides is 3. The highest BCUT2D eigenvalue weighted by Gasteiger charge is 2.33. The predicted molar refractivity (Wildman–Crippen MR) is 129 cm³/mol. The van der Waals surface area contributed by atoms with Gasteiger partial charge in [0.2, 0.25) is 21.8 Å². The minimum atomic E-state index is -4.76. The molecule has 0 aliphatic heterocycles. The van der Waals surface area contributed by atoms with Crippen LogP contribution in [0.1, 0.15) is 22.4 Å². The SMILES string of the molecule is C#Cc1cc(CNC(=O)C=Cc2ccc(C(F)(F)F)nc2Oc2ccc(F)cc2)cc(F)c1NS(C)(=O)=O. The molecule has 0 radical (unpaired) electrons. The van der Waals surface area contributed by atoms with E-state index in [9.17, 15) is 35.2 Å². The van der Waals surface area contributed by atoms with Gasteiger partial charge in [0.05, 0.1) is 17.5 Å². The van der Waals surface area contributed by atoms with E-state index in [-0.39, 0.29) is 29.0 Å². The Bertz CT molecular complexity index is 1530. The fraction of sp³-hybridized carbons (Fsp3) is 0.120. The summed E-state index contributed by atoms with van der Waals surface area (Å²) >= 11 is 0. The molecule has 2 N–H and O–H groups in total. The van der Waals surface area contributed by atoms with E-state index in [2.05, 4.69) is 16.2 Å². The van der Waals surface area contributed by atoms with Crippen molar-refractivity contribution in [2.45, 2.75) is 12.7 Å². The normalized spacial score (nSPS) is 11.7. The summed E-state index contributed by atoms with van der Waals surface area (Å²) in [5.41, 5.74) is -1.51. The van der Waals surface area contributed by atoms with Gasteiger partial charge in [0.15, 0.2) is 0 Å². The summed E-state index contributed by atoms with van der Waals surface area (Å²) in [6.07, 6.45) is 3.53. The second-order valence-corrected chi connectivity index (χ2v) is 9.46. The van der Waals surface area contributed by atoms with Crippen LogP contribution in [0.5, 0.6) is 11.6 Å². The van der Waals surface area contributed by atoms with Gasteiger partial charge in [-0.25, -0.2) is 22.2 Å². The molecule has 0 aliphatic carbocycles. The van der Waals surface area contributed by atoms with Crippen molar-refractivity contribution in [3.05, 3.63) is 88.6 Å². The molecular formula is C25H18F5N3O4S. The van der Waals surface area contributed by atoms with Crippen LogP contribution in [-0.2, 0) is 27.5 Å². The van der Waals surface area contributed by atoms with Crippen molar-refractivity contribution in [1.82, 2.24) is 10.3 Å². The van der Waals surface area contributed by atoms with Crippen molar-refractivity contribution >= 4 is 27.7 Å². The highest BCUT2D eigenvalue weighted by Crippen LogP contribution is 2.32. The molecule has 2 aromatic carbocycles. The Morgan fingerprint density at radius 1 is 1.13 bits per heavy atom. The highest BCUT2D eigenvalue weighted by atomic mass is 32.2. The number of ether oxygens (including phenoxy) is 1. The van der Waals surface area contributed by atoms with Crippen LogP contribution >= 0.6 is 0 Å². The molecule has 13 heteroatoms. The summed E-state index contributed by atoms with van der Waals surface area (Å²) in [5.74, 6) is -0.553. The van der Waals surface area contributed by atoms with E-state index in [1.165, 1.54) is 18.2 Å². The van der Waals surface area contributed by atoms with Gasteiger partial charge in [-0.1, -0.05) is 5.92 Å². The van der Waals surface area contributed by atoms with Crippen LogP contribution in [0.2, 0.25) is 0 Å².